The van der Waals surface area contributed by atoms with Crippen molar-refractivity contribution in [3.8, 4) is 0 Å². The van der Waals surface area contributed by atoms with Gasteiger partial charge in [-0.25, -0.2) is 8.42 Å². The fourth-order valence-electron chi connectivity index (χ4n) is 3.57. The van der Waals surface area contributed by atoms with Crippen LogP contribution in [-0.4, -0.2) is 63.4 Å². The van der Waals surface area contributed by atoms with Crippen molar-refractivity contribution >= 4 is 33.2 Å². The minimum atomic E-state index is -3.92. The van der Waals surface area contributed by atoms with E-state index in [0.717, 1.165) is 25.2 Å². The zero-order valence-corrected chi connectivity index (χ0v) is 19.2. The van der Waals surface area contributed by atoms with E-state index < -0.39 is 10.0 Å². The van der Waals surface area contributed by atoms with Gasteiger partial charge >= 0.3 is 0 Å². The van der Waals surface area contributed by atoms with Gasteiger partial charge in [-0.2, -0.15) is 0 Å². The molecule has 162 valence electrons. The molecule has 1 aliphatic heterocycles. The minimum Gasteiger partial charge on any atom is -0.339 e. The number of piperazine rings is 1. The number of benzene rings is 2. The van der Waals surface area contributed by atoms with Crippen molar-refractivity contribution in [2.45, 2.75) is 25.7 Å². The minimum absolute atomic E-state index is 0.158. The number of amides is 1. The lowest BCUT2D eigenvalue weighted by Gasteiger charge is -2.35. The summed E-state index contributed by atoms with van der Waals surface area (Å²) in [5.74, 6) is -0.198. The number of carbonyl (C=O) groups excluding carboxylic acids is 1. The summed E-state index contributed by atoms with van der Waals surface area (Å²) in [5.41, 5.74) is 2.12. The quantitative estimate of drug-likeness (QED) is 0.678. The molecule has 1 aliphatic rings. The maximum atomic E-state index is 13.5. The first-order chi connectivity index (χ1) is 14.2. The van der Waals surface area contributed by atoms with Gasteiger partial charge in [-0.3, -0.25) is 9.10 Å². The third kappa shape index (κ3) is 4.96. The van der Waals surface area contributed by atoms with Crippen molar-refractivity contribution in [1.82, 2.24) is 9.80 Å². The summed E-state index contributed by atoms with van der Waals surface area (Å²) in [6.07, 6.45) is 0. The van der Waals surface area contributed by atoms with Crippen molar-refractivity contribution in [2.24, 2.45) is 0 Å². The normalized spacial score (nSPS) is 15.3. The van der Waals surface area contributed by atoms with Crippen LogP contribution < -0.4 is 4.31 Å². The van der Waals surface area contributed by atoms with Gasteiger partial charge in [-0.05, 0) is 56.3 Å². The fraction of sp³-hybridized carbons (Fsp3) is 0.409. The Morgan fingerprint density at radius 3 is 2.23 bits per heavy atom. The third-order valence-electron chi connectivity index (χ3n) is 5.49. The van der Waals surface area contributed by atoms with Crippen LogP contribution in [0.5, 0.6) is 0 Å². The van der Waals surface area contributed by atoms with Crippen molar-refractivity contribution in [3.63, 3.8) is 0 Å². The second-order valence-corrected chi connectivity index (χ2v) is 9.87. The number of halogens is 1. The average Bonchev–Trinajstić information content (AvgIpc) is 2.72. The van der Waals surface area contributed by atoms with Crippen molar-refractivity contribution in [1.29, 1.82) is 0 Å². The van der Waals surface area contributed by atoms with Crippen LogP contribution in [0.1, 0.15) is 18.1 Å². The fourth-order valence-corrected chi connectivity index (χ4v) is 5.28. The lowest BCUT2D eigenvalue weighted by atomic mass is 10.2. The molecular weight excluding hydrogens is 422 g/mol. The van der Waals surface area contributed by atoms with Crippen LogP contribution in [-0.2, 0) is 14.8 Å². The average molecular weight is 450 g/mol. The molecule has 0 N–H and O–H groups in total. The molecule has 0 unspecified atom stereocenters. The van der Waals surface area contributed by atoms with E-state index in [-0.39, 0.29) is 17.3 Å². The predicted octanol–water partition coefficient (Wildman–Crippen LogP) is 3.32. The summed E-state index contributed by atoms with van der Waals surface area (Å²) in [6, 6.07) is 11.7. The van der Waals surface area contributed by atoms with E-state index in [4.69, 9.17) is 11.6 Å². The van der Waals surface area contributed by atoms with Gasteiger partial charge in [0.05, 0.1) is 10.6 Å². The van der Waals surface area contributed by atoms with Gasteiger partial charge < -0.3 is 9.80 Å². The second kappa shape index (κ2) is 9.37. The number of aryl methyl sites for hydroxylation is 2. The molecular formula is C22H28ClN3O3S. The molecule has 6 nitrogen and oxygen atoms in total. The molecule has 1 amide bonds. The molecule has 0 aliphatic carbocycles. The van der Waals surface area contributed by atoms with Gasteiger partial charge in [-0.15, -0.1) is 0 Å². The summed E-state index contributed by atoms with van der Waals surface area (Å²) in [7, 11) is -3.92. The number of hydrogen-bond acceptors (Lipinski definition) is 4. The van der Waals surface area contributed by atoms with Gasteiger partial charge in [0.1, 0.15) is 6.54 Å². The maximum Gasteiger partial charge on any atom is 0.264 e. The first kappa shape index (κ1) is 22.6. The molecule has 0 spiro atoms. The highest BCUT2D eigenvalue weighted by Crippen LogP contribution is 2.29. The molecule has 2 aromatic rings. The van der Waals surface area contributed by atoms with E-state index in [1.165, 1.54) is 4.31 Å². The number of carbonyl (C=O) groups is 1. The van der Waals surface area contributed by atoms with Crippen LogP contribution >= 0.6 is 11.6 Å². The van der Waals surface area contributed by atoms with Gasteiger partial charge in [0.25, 0.3) is 10.0 Å². The number of hydrogen-bond donors (Lipinski definition) is 0. The second-order valence-electron chi connectivity index (χ2n) is 7.57. The lowest BCUT2D eigenvalue weighted by molar-refractivity contribution is -0.131. The van der Waals surface area contributed by atoms with E-state index in [0.29, 0.717) is 29.4 Å². The van der Waals surface area contributed by atoms with Crippen molar-refractivity contribution < 1.29 is 13.2 Å². The first-order valence-electron chi connectivity index (χ1n) is 10.1. The Morgan fingerprint density at radius 2 is 1.67 bits per heavy atom. The molecule has 2 aromatic carbocycles. The molecule has 3 rings (SSSR count). The summed E-state index contributed by atoms with van der Waals surface area (Å²) >= 11 is 6.08. The Morgan fingerprint density at radius 1 is 1.03 bits per heavy atom. The van der Waals surface area contributed by atoms with Crippen molar-refractivity contribution in [3.05, 3.63) is 58.6 Å². The molecule has 0 bridgehead atoms. The maximum absolute atomic E-state index is 13.5. The Kier molecular flexibility index (Phi) is 7.06. The van der Waals surface area contributed by atoms with Crippen LogP contribution in [0.2, 0.25) is 5.02 Å². The highest BCUT2D eigenvalue weighted by Gasteiger charge is 2.31. The number of anilines is 1. The van der Waals surface area contributed by atoms with Crippen LogP contribution in [0, 0.1) is 13.8 Å². The summed E-state index contributed by atoms with van der Waals surface area (Å²) in [5, 5.41) is 0.519. The zero-order valence-electron chi connectivity index (χ0n) is 17.6. The topological polar surface area (TPSA) is 60.9 Å². The third-order valence-corrected chi connectivity index (χ3v) is 7.50. The van der Waals surface area contributed by atoms with E-state index >= 15 is 0 Å². The van der Waals surface area contributed by atoms with Gasteiger partial charge in [0, 0.05) is 31.2 Å². The number of likely N-dealkylation sites (N-methyl/N-ethyl adjacent to an activating group) is 1. The van der Waals surface area contributed by atoms with Gasteiger partial charge in [-0.1, -0.05) is 36.2 Å². The largest absolute Gasteiger partial charge is 0.339 e. The Hall–Kier alpha value is -2.09. The van der Waals surface area contributed by atoms with Crippen LogP contribution in [0.15, 0.2) is 47.4 Å². The highest BCUT2D eigenvalue weighted by molar-refractivity contribution is 7.92. The Bertz CT molecular complexity index is 1000. The molecule has 1 saturated heterocycles. The standard InChI is InChI=1S/C22H28ClN3O3S/c1-4-24-11-13-25(14-12-24)22(27)16-26(21-10-7-19(23)15-18(21)3)30(28,29)20-8-5-17(2)6-9-20/h5-10,15H,4,11-14,16H2,1-3H3. The number of sulfonamides is 1. The van der Waals surface area contributed by atoms with Crippen molar-refractivity contribution in [2.75, 3.05) is 43.6 Å². The molecule has 0 radical (unpaired) electrons. The SMILES string of the molecule is CCN1CCN(C(=O)CN(c2ccc(Cl)cc2C)S(=O)(=O)c2ccc(C)cc2)CC1. The predicted molar refractivity (Wildman–Crippen MR) is 121 cm³/mol. The number of nitrogens with zero attached hydrogens (tertiary/aromatic N) is 3. The molecule has 30 heavy (non-hydrogen) atoms. The van der Waals surface area contributed by atoms with Gasteiger partial charge in [0.2, 0.25) is 5.91 Å². The van der Waals surface area contributed by atoms with E-state index in [1.54, 1.807) is 54.3 Å². The molecule has 0 aromatic heterocycles. The van der Waals surface area contributed by atoms with E-state index in [2.05, 4.69) is 11.8 Å². The van der Waals surface area contributed by atoms with E-state index in [9.17, 15) is 13.2 Å². The first-order valence-corrected chi connectivity index (χ1v) is 11.9. The molecule has 1 heterocycles. The number of rotatable bonds is 6. The smallest absolute Gasteiger partial charge is 0.264 e. The molecule has 8 heteroatoms. The van der Waals surface area contributed by atoms with Gasteiger partial charge in [0.15, 0.2) is 0 Å². The Labute approximate surface area is 184 Å². The van der Waals surface area contributed by atoms with Crippen LogP contribution in [0.4, 0.5) is 5.69 Å². The van der Waals surface area contributed by atoms with E-state index in [1.807, 2.05) is 6.92 Å². The van der Waals surface area contributed by atoms with Crippen LogP contribution in [0.25, 0.3) is 0 Å². The summed E-state index contributed by atoms with van der Waals surface area (Å²) < 4.78 is 28.2. The summed E-state index contributed by atoms with van der Waals surface area (Å²) in [6.45, 7) is 9.29. The molecule has 0 atom stereocenters. The highest BCUT2D eigenvalue weighted by atomic mass is 35.5. The zero-order chi connectivity index (χ0) is 21.9. The Balaban J connectivity index is 1.94. The molecule has 0 saturated carbocycles. The van der Waals surface area contributed by atoms with Crippen LogP contribution in [0.3, 0.4) is 0 Å². The molecule has 1 fully saturated rings. The monoisotopic (exact) mass is 449 g/mol. The lowest BCUT2D eigenvalue weighted by Crippen LogP contribution is -2.51. The summed E-state index contributed by atoms with van der Waals surface area (Å²) in [4.78, 5) is 17.2.